The van der Waals surface area contributed by atoms with Gasteiger partial charge in [0.25, 0.3) is 0 Å². The van der Waals surface area contributed by atoms with Gasteiger partial charge in [-0.2, -0.15) is 0 Å². The maximum atomic E-state index is 13.3. The molecule has 0 heterocycles. The highest BCUT2D eigenvalue weighted by molar-refractivity contribution is 6.04. The predicted octanol–water partition coefficient (Wildman–Crippen LogP) is 4.35. The molecule has 0 radical (unpaired) electrons. The number of rotatable bonds is 5. The summed E-state index contributed by atoms with van der Waals surface area (Å²) in [6.07, 6.45) is 3.13. The van der Waals surface area contributed by atoms with Gasteiger partial charge in [-0.3, -0.25) is 4.79 Å². The summed E-state index contributed by atoms with van der Waals surface area (Å²) in [6, 6.07) is 6.69. The Kier molecular flexibility index (Phi) is 5.49. The van der Waals surface area contributed by atoms with E-state index in [1.54, 1.807) is 0 Å². The SMILES string of the molecule is CC(C)c1ccc2c(c1)CC(=O)C1C(C)(C)CCC(=NOCCCN)[C@]21C. The molecule has 2 aliphatic carbocycles. The molecular weight excluding hydrogens is 336 g/mol. The molecule has 1 saturated carbocycles. The fourth-order valence-electron chi connectivity index (χ4n) is 5.19. The largest absolute Gasteiger partial charge is 0.396 e. The summed E-state index contributed by atoms with van der Waals surface area (Å²) in [6.45, 7) is 12.2. The van der Waals surface area contributed by atoms with Crippen molar-refractivity contribution in [3.05, 3.63) is 34.9 Å². The second-order valence-corrected chi connectivity index (χ2v) is 9.35. The molecule has 27 heavy (non-hydrogen) atoms. The molecule has 1 aromatic carbocycles. The van der Waals surface area contributed by atoms with Crippen LogP contribution in [-0.4, -0.2) is 24.6 Å². The van der Waals surface area contributed by atoms with Gasteiger partial charge in [-0.1, -0.05) is 51.0 Å². The number of Topliss-reactive ketones (excluding diaryl/α,β-unsaturated/α-hetero) is 1. The molecule has 1 aromatic rings. The van der Waals surface area contributed by atoms with Gasteiger partial charge in [0.1, 0.15) is 12.4 Å². The van der Waals surface area contributed by atoms with E-state index in [4.69, 9.17) is 10.6 Å². The van der Waals surface area contributed by atoms with Gasteiger partial charge in [-0.25, -0.2) is 0 Å². The molecule has 2 aliphatic rings. The van der Waals surface area contributed by atoms with E-state index in [9.17, 15) is 4.79 Å². The molecular formula is C23H34N2O2. The second kappa shape index (κ2) is 7.38. The van der Waals surface area contributed by atoms with Gasteiger partial charge >= 0.3 is 0 Å². The van der Waals surface area contributed by atoms with Crippen molar-refractivity contribution < 1.29 is 9.63 Å². The Balaban J connectivity index is 2.10. The Labute approximate surface area is 163 Å². The summed E-state index contributed by atoms with van der Waals surface area (Å²) in [4.78, 5) is 18.9. The average molecular weight is 371 g/mol. The maximum absolute atomic E-state index is 13.3. The topological polar surface area (TPSA) is 64.7 Å². The molecule has 0 saturated heterocycles. The Morgan fingerprint density at radius 1 is 1.30 bits per heavy atom. The van der Waals surface area contributed by atoms with E-state index in [0.29, 0.717) is 31.3 Å². The smallest absolute Gasteiger partial charge is 0.142 e. The van der Waals surface area contributed by atoms with Crippen LogP contribution in [0, 0.1) is 11.3 Å². The molecule has 3 rings (SSSR count). The number of oxime groups is 1. The number of nitrogens with two attached hydrogens (primary N) is 1. The number of carbonyl (C=O) groups is 1. The van der Waals surface area contributed by atoms with Gasteiger partial charge in [-0.05, 0) is 60.8 Å². The highest BCUT2D eigenvalue weighted by Gasteiger charge is 2.57. The summed E-state index contributed by atoms with van der Waals surface area (Å²) >= 11 is 0. The van der Waals surface area contributed by atoms with E-state index in [1.165, 1.54) is 11.1 Å². The Bertz CT molecular complexity index is 751. The van der Waals surface area contributed by atoms with Gasteiger partial charge in [0.05, 0.1) is 5.71 Å². The Hall–Kier alpha value is -1.68. The number of benzene rings is 1. The zero-order chi connectivity index (χ0) is 19.8. The highest BCUT2D eigenvalue weighted by Crippen LogP contribution is 2.54. The first-order chi connectivity index (χ1) is 12.7. The predicted molar refractivity (Wildman–Crippen MR) is 110 cm³/mol. The average Bonchev–Trinajstić information content (AvgIpc) is 2.59. The number of nitrogens with zero attached hydrogens (tertiary/aromatic N) is 1. The van der Waals surface area contributed by atoms with Gasteiger partial charge in [0.2, 0.25) is 0 Å². The number of hydrogen-bond donors (Lipinski definition) is 1. The molecule has 2 atom stereocenters. The van der Waals surface area contributed by atoms with Crippen LogP contribution < -0.4 is 5.73 Å². The minimum atomic E-state index is -0.398. The van der Waals surface area contributed by atoms with Crippen LogP contribution in [0.5, 0.6) is 0 Å². The monoisotopic (exact) mass is 370 g/mol. The van der Waals surface area contributed by atoms with Gasteiger partial charge in [0.15, 0.2) is 0 Å². The highest BCUT2D eigenvalue weighted by atomic mass is 16.6. The van der Waals surface area contributed by atoms with Crippen LogP contribution in [0.25, 0.3) is 0 Å². The minimum absolute atomic E-state index is 0.0451. The van der Waals surface area contributed by atoms with Crippen LogP contribution in [0.15, 0.2) is 23.4 Å². The van der Waals surface area contributed by atoms with E-state index >= 15 is 0 Å². The maximum Gasteiger partial charge on any atom is 0.142 e. The van der Waals surface area contributed by atoms with Crippen molar-refractivity contribution in [2.75, 3.05) is 13.2 Å². The lowest BCUT2D eigenvalue weighted by atomic mass is 9.49. The molecule has 1 unspecified atom stereocenters. The minimum Gasteiger partial charge on any atom is -0.396 e. The van der Waals surface area contributed by atoms with Crippen molar-refractivity contribution in [2.45, 2.75) is 71.6 Å². The lowest BCUT2D eigenvalue weighted by molar-refractivity contribution is -0.129. The van der Waals surface area contributed by atoms with Crippen molar-refractivity contribution in [1.29, 1.82) is 0 Å². The molecule has 0 aliphatic heterocycles. The van der Waals surface area contributed by atoms with Crippen molar-refractivity contribution in [3.8, 4) is 0 Å². The zero-order valence-corrected chi connectivity index (χ0v) is 17.5. The standard InChI is InChI=1S/C23H34N2O2/c1-15(2)16-7-8-18-17(13-16)14-19(26)21-22(3,4)10-9-20(23(18,21)5)25-27-12-6-11-24/h7-8,13,15,21H,6,9-12,14,24H2,1-5H3/t21?,23-/m0/s1. The summed E-state index contributed by atoms with van der Waals surface area (Å²) in [5.41, 5.74) is 9.84. The molecule has 0 bridgehead atoms. The molecule has 0 spiro atoms. The lowest BCUT2D eigenvalue weighted by Gasteiger charge is -2.53. The van der Waals surface area contributed by atoms with E-state index in [1.807, 2.05) is 0 Å². The third-order valence-electron chi connectivity index (χ3n) is 6.62. The van der Waals surface area contributed by atoms with Crippen LogP contribution in [0.1, 0.15) is 76.5 Å². The van der Waals surface area contributed by atoms with Crippen LogP contribution in [0.2, 0.25) is 0 Å². The second-order valence-electron chi connectivity index (χ2n) is 9.35. The van der Waals surface area contributed by atoms with Crippen molar-refractivity contribution >= 4 is 11.5 Å². The normalized spacial score (nSPS) is 28.2. The number of hydrogen-bond acceptors (Lipinski definition) is 4. The third-order valence-corrected chi connectivity index (χ3v) is 6.62. The van der Waals surface area contributed by atoms with Crippen LogP contribution >= 0.6 is 0 Å². The van der Waals surface area contributed by atoms with Crippen molar-refractivity contribution in [2.24, 2.45) is 22.2 Å². The molecule has 0 amide bonds. The molecule has 1 fully saturated rings. The summed E-state index contributed by atoms with van der Waals surface area (Å²) in [5, 5.41) is 4.54. The van der Waals surface area contributed by atoms with Crippen molar-refractivity contribution in [1.82, 2.24) is 0 Å². The third kappa shape index (κ3) is 3.44. The van der Waals surface area contributed by atoms with E-state index in [-0.39, 0.29) is 11.3 Å². The van der Waals surface area contributed by atoms with Gasteiger partial charge in [0, 0.05) is 17.8 Å². The number of fused-ring (bicyclic) bond motifs is 3. The van der Waals surface area contributed by atoms with Crippen LogP contribution in [-0.2, 0) is 21.5 Å². The molecule has 2 N–H and O–H groups in total. The van der Waals surface area contributed by atoms with Gasteiger partial charge < -0.3 is 10.6 Å². The number of ketones is 1. The van der Waals surface area contributed by atoms with Crippen molar-refractivity contribution in [3.63, 3.8) is 0 Å². The van der Waals surface area contributed by atoms with E-state index in [0.717, 1.165) is 30.5 Å². The number of carbonyl (C=O) groups excluding carboxylic acids is 1. The first kappa shape index (κ1) is 20.1. The fourth-order valence-corrected chi connectivity index (χ4v) is 5.19. The first-order valence-corrected chi connectivity index (χ1v) is 10.3. The summed E-state index contributed by atoms with van der Waals surface area (Å²) in [5.74, 6) is 0.727. The van der Waals surface area contributed by atoms with E-state index in [2.05, 4.69) is 58.0 Å². The lowest BCUT2D eigenvalue weighted by Crippen LogP contribution is -2.57. The quantitative estimate of drug-likeness (QED) is 0.619. The van der Waals surface area contributed by atoms with Crippen LogP contribution in [0.3, 0.4) is 0 Å². The fraction of sp³-hybridized carbons (Fsp3) is 0.652. The molecule has 0 aromatic heterocycles. The van der Waals surface area contributed by atoms with Crippen LogP contribution in [0.4, 0.5) is 0 Å². The summed E-state index contributed by atoms with van der Waals surface area (Å²) < 4.78 is 0. The first-order valence-electron chi connectivity index (χ1n) is 10.3. The Morgan fingerprint density at radius 3 is 2.70 bits per heavy atom. The van der Waals surface area contributed by atoms with E-state index < -0.39 is 5.41 Å². The van der Waals surface area contributed by atoms with Gasteiger partial charge in [-0.15, -0.1) is 0 Å². The Morgan fingerprint density at radius 2 is 2.04 bits per heavy atom. The zero-order valence-electron chi connectivity index (χ0n) is 17.5. The molecule has 4 nitrogen and oxygen atoms in total. The molecule has 4 heteroatoms. The molecule has 148 valence electrons. The summed E-state index contributed by atoms with van der Waals surface area (Å²) in [7, 11) is 0.